The molecule has 19 heavy (non-hydrogen) atoms. The lowest BCUT2D eigenvalue weighted by Crippen LogP contribution is -2.30. The Bertz CT molecular complexity index is 521. The van der Waals surface area contributed by atoms with Gasteiger partial charge in [-0.25, -0.2) is 0 Å². The van der Waals surface area contributed by atoms with Crippen molar-refractivity contribution in [3.63, 3.8) is 0 Å². The first-order chi connectivity index (χ1) is 9.11. The Balaban J connectivity index is 2.15. The Labute approximate surface area is 119 Å². The van der Waals surface area contributed by atoms with E-state index in [0.29, 0.717) is 6.54 Å². The van der Waals surface area contributed by atoms with E-state index in [4.69, 9.17) is 5.73 Å². The van der Waals surface area contributed by atoms with Crippen LogP contribution in [0, 0.1) is 13.8 Å². The summed E-state index contributed by atoms with van der Waals surface area (Å²) in [5, 5.41) is 0. The van der Waals surface area contributed by atoms with Crippen LogP contribution in [-0.2, 0) is 6.54 Å². The van der Waals surface area contributed by atoms with E-state index in [2.05, 4.69) is 42.9 Å². The van der Waals surface area contributed by atoms with Crippen LogP contribution >= 0.6 is 11.3 Å². The minimum atomic E-state index is 0.269. The summed E-state index contributed by atoms with van der Waals surface area (Å²) in [5.74, 6) is 0. The molecule has 0 saturated carbocycles. The van der Waals surface area contributed by atoms with E-state index in [1.165, 1.54) is 20.9 Å². The van der Waals surface area contributed by atoms with Gasteiger partial charge in [-0.1, -0.05) is 6.07 Å². The van der Waals surface area contributed by atoms with Gasteiger partial charge in [0, 0.05) is 41.3 Å². The number of pyridine rings is 1. The summed E-state index contributed by atoms with van der Waals surface area (Å²) in [6, 6.07) is 6.60. The minimum absolute atomic E-state index is 0.269. The molecule has 0 aliphatic carbocycles. The molecule has 0 fully saturated rings. The van der Waals surface area contributed by atoms with Crippen molar-refractivity contribution < 1.29 is 0 Å². The molecular formula is C15H21N3S. The first-order valence-corrected chi connectivity index (χ1v) is 7.29. The summed E-state index contributed by atoms with van der Waals surface area (Å²) >= 11 is 1.84. The monoisotopic (exact) mass is 275 g/mol. The number of hydrogen-bond acceptors (Lipinski definition) is 4. The van der Waals surface area contributed by atoms with Gasteiger partial charge >= 0.3 is 0 Å². The van der Waals surface area contributed by atoms with Crippen LogP contribution in [0.2, 0.25) is 0 Å². The molecule has 0 bridgehead atoms. The van der Waals surface area contributed by atoms with Gasteiger partial charge < -0.3 is 5.73 Å². The largest absolute Gasteiger partial charge is 0.329 e. The average molecular weight is 275 g/mol. The molecule has 3 nitrogen and oxygen atoms in total. The summed E-state index contributed by atoms with van der Waals surface area (Å²) in [6.45, 7) is 5.82. The Morgan fingerprint density at radius 2 is 2.21 bits per heavy atom. The molecule has 2 aromatic rings. The van der Waals surface area contributed by atoms with Crippen molar-refractivity contribution in [1.82, 2.24) is 9.88 Å². The molecule has 102 valence electrons. The molecule has 2 heterocycles. The van der Waals surface area contributed by atoms with Gasteiger partial charge in [0.2, 0.25) is 0 Å². The quantitative estimate of drug-likeness (QED) is 0.912. The van der Waals surface area contributed by atoms with Crippen LogP contribution in [0.4, 0.5) is 0 Å². The standard InChI is InChI=1S/C15H21N3S/c1-11-7-14(12(2)19-11)15(8-16)18(3)10-13-5-4-6-17-9-13/h4-7,9,15H,8,10,16H2,1-3H3. The lowest BCUT2D eigenvalue weighted by molar-refractivity contribution is 0.241. The van der Waals surface area contributed by atoms with E-state index in [0.717, 1.165) is 6.54 Å². The fourth-order valence-electron chi connectivity index (χ4n) is 2.42. The predicted octanol–water partition coefficient (Wildman–Crippen LogP) is 2.89. The zero-order valence-corrected chi connectivity index (χ0v) is 12.6. The van der Waals surface area contributed by atoms with Gasteiger partial charge in [0.05, 0.1) is 0 Å². The maximum absolute atomic E-state index is 5.98. The number of thiophene rings is 1. The van der Waals surface area contributed by atoms with Crippen molar-refractivity contribution >= 4 is 11.3 Å². The van der Waals surface area contributed by atoms with Crippen molar-refractivity contribution in [3.8, 4) is 0 Å². The molecule has 2 rings (SSSR count). The SMILES string of the molecule is Cc1cc(C(CN)N(C)Cc2cccnc2)c(C)s1. The topological polar surface area (TPSA) is 42.1 Å². The van der Waals surface area contributed by atoms with Gasteiger partial charge in [-0.15, -0.1) is 11.3 Å². The van der Waals surface area contributed by atoms with E-state index in [1.54, 1.807) is 6.20 Å². The van der Waals surface area contributed by atoms with Crippen LogP contribution in [0.15, 0.2) is 30.6 Å². The molecule has 2 aromatic heterocycles. The molecule has 0 spiro atoms. The zero-order chi connectivity index (χ0) is 13.8. The van der Waals surface area contributed by atoms with Crippen molar-refractivity contribution in [1.29, 1.82) is 0 Å². The fourth-order valence-corrected chi connectivity index (χ4v) is 3.40. The highest BCUT2D eigenvalue weighted by atomic mass is 32.1. The second-order valence-corrected chi connectivity index (χ2v) is 6.36. The molecule has 0 saturated heterocycles. The molecule has 1 unspecified atom stereocenters. The Hall–Kier alpha value is -1.23. The second-order valence-electron chi connectivity index (χ2n) is 4.90. The highest BCUT2D eigenvalue weighted by molar-refractivity contribution is 7.12. The summed E-state index contributed by atoms with van der Waals surface area (Å²) in [4.78, 5) is 9.17. The average Bonchev–Trinajstić information content (AvgIpc) is 2.71. The van der Waals surface area contributed by atoms with Crippen molar-refractivity contribution in [2.24, 2.45) is 5.73 Å². The summed E-state index contributed by atoms with van der Waals surface area (Å²) in [7, 11) is 2.12. The number of aryl methyl sites for hydroxylation is 2. The van der Waals surface area contributed by atoms with Crippen LogP contribution in [0.5, 0.6) is 0 Å². The smallest absolute Gasteiger partial charge is 0.0481 e. The molecule has 0 aliphatic rings. The van der Waals surface area contributed by atoms with E-state index in [1.807, 2.05) is 23.6 Å². The maximum atomic E-state index is 5.98. The molecule has 4 heteroatoms. The highest BCUT2D eigenvalue weighted by Gasteiger charge is 2.19. The fraction of sp³-hybridized carbons (Fsp3) is 0.400. The minimum Gasteiger partial charge on any atom is -0.329 e. The second kappa shape index (κ2) is 6.28. The van der Waals surface area contributed by atoms with Crippen LogP contribution in [0.1, 0.15) is 26.9 Å². The van der Waals surface area contributed by atoms with Crippen molar-refractivity contribution in [3.05, 3.63) is 51.5 Å². The molecule has 2 N–H and O–H groups in total. The lowest BCUT2D eigenvalue weighted by Gasteiger charge is -2.27. The van der Waals surface area contributed by atoms with Crippen LogP contribution in [-0.4, -0.2) is 23.5 Å². The zero-order valence-electron chi connectivity index (χ0n) is 11.8. The van der Waals surface area contributed by atoms with E-state index in [-0.39, 0.29) is 6.04 Å². The van der Waals surface area contributed by atoms with E-state index < -0.39 is 0 Å². The van der Waals surface area contributed by atoms with Gasteiger partial charge in [-0.3, -0.25) is 9.88 Å². The first-order valence-electron chi connectivity index (χ1n) is 6.48. The van der Waals surface area contributed by atoms with Crippen molar-refractivity contribution in [2.45, 2.75) is 26.4 Å². The summed E-state index contributed by atoms with van der Waals surface area (Å²) in [5.41, 5.74) is 8.56. The van der Waals surface area contributed by atoms with Crippen LogP contribution < -0.4 is 5.73 Å². The number of rotatable bonds is 5. The van der Waals surface area contributed by atoms with Crippen molar-refractivity contribution in [2.75, 3.05) is 13.6 Å². The molecule has 0 radical (unpaired) electrons. The molecular weight excluding hydrogens is 254 g/mol. The van der Waals surface area contributed by atoms with E-state index >= 15 is 0 Å². The normalized spacial score (nSPS) is 12.9. The number of nitrogens with zero attached hydrogens (tertiary/aromatic N) is 2. The third kappa shape index (κ3) is 3.41. The third-order valence-corrected chi connectivity index (χ3v) is 4.33. The lowest BCUT2D eigenvalue weighted by atomic mass is 10.1. The molecule has 0 aromatic carbocycles. The number of hydrogen-bond donors (Lipinski definition) is 1. The van der Waals surface area contributed by atoms with Crippen LogP contribution in [0.25, 0.3) is 0 Å². The predicted molar refractivity (Wildman–Crippen MR) is 81.3 cm³/mol. The Morgan fingerprint density at radius 3 is 2.74 bits per heavy atom. The van der Waals surface area contributed by atoms with Gasteiger partial charge in [-0.05, 0) is 44.2 Å². The van der Waals surface area contributed by atoms with E-state index in [9.17, 15) is 0 Å². The summed E-state index contributed by atoms with van der Waals surface area (Å²) < 4.78 is 0. The van der Waals surface area contributed by atoms with Gasteiger partial charge in [-0.2, -0.15) is 0 Å². The molecule has 0 aliphatic heterocycles. The Kier molecular flexibility index (Phi) is 4.69. The summed E-state index contributed by atoms with van der Waals surface area (Å²) in [6.07, 6.45) is 3.71. The number of aromatic nitrogens is 1. The Morgan fingerprint density at radius 1 is 1.42 bits per heavy atom. The third-order valence-electron chi connectivity index (χ3n) is 3.35. The van der Waals surface area contributed by atoms with Gasteiger partial charge in [0.25, 0.3) is 0 Å². The highest BCUT2D eigenvalue weighted by Crippen LogP contribution is 2.29. The van der Waals surface area contributed by atoms with Gasteiger partial charge in [0.1, 0.15) is 0 Å². The molecule has 1 atom stereocenters. The molecule has 0 amide bonds. The number of nitrogens with two attached hydrogens (primary N) is 1. The maximum Gasteiger partial charge on any atom is 0.0481 e. The van der Waals surface area contributed by atoms with Gasteiger partial charge in [0.15, 0.2) is 0 Å². The van der Waals surface area contributed by atoms with Crippen LogP contribution in [0.3, 0.4) is 0 Å². The number of likely N-dealkylation sites (N-methyl/N-ethyl adjacent to an activating group) is 1. The first kappa shape index (κ1) is 14.2.